The van der Waals surface area contributed by atoms with Gasteiger partial charge in [0, 0.05) is 6.54 Å². The van der Waals surface area contributed by atoms with Gasteiger partial charge in [0.15, 0.2) is 0 Å². The molecule has 0 bridgehead atoms. The van der Waals surface area contributed by atoms with Crippen LogP contribution in [0.15, 0.2) is 15.5 Å². The zero-order valence-electron chi connectivity index (χ0n) is 15.5. The summed E-state index contributed by atoms with van der Waals surface area (Å²) in [6, 6.07) is 2.03. The Hall–Kier alpha value is -1.10. The number of amidine groups is 1. The lowest BCUT2D eigenvalue weighted by molar-refractivity contribution is 0.111. The molecule has 24 heavy (non-hydrogen) atoms. The third-order valence-electron chi connectivity index (χ3n) is 4.79. The Morgan fingerprint density at radius 3 is 2.62 bits per heavy atom. The first-order chi connectivity index (χ1) is 11.4. The number of aliphatic imine (C=N–C) groups is 1. The summed E-state index contributed by atoms with van der Waals surface area (Å²) in [7, 11) is 0. The first-order valence-electron chi connectivity index (χ1n) is 9.02. The molecule has 0 saturated heterocycles. The molecule has 1 fully saturated rings. The molecule has 1 aliphatic rings. The van der Waals surface area contributed by atoms with Crippen LogP contribution in [-0.2, 0) is 0 Å². The first-order valence-corrected chi connectivity index (χ1v) is 9.81. The van der Waals surface area contributed by atoms with Crippen molar-refractivity contribution in [3.8, 4) is 5.88 Å². The van der Waals surface area contributed by atoms with Crippen molar-refractivity contribution in [1.29, 1.82) is 0 Å². The maximum atomic E-state index is 6.19. The van der Waals surface area contributed by atoms with Crippen LogP contribution < -0.4 is 10.1 Å². The minimum atomic E-state index is 0.283. The number of rotatable bonds is 5. The van der Waals surface area contributed by atoms with Gasteiger partial charge in [-0.2, -0.15) is 0 Å². The molecular weight excluding hydrogens is 366 g/mol. The summed E-state index contributed by atoms with van der Waals surface area (Å²) in [5.74, 6) is 3.22. The van der Waals surface area contributed by atoms with Gasteiger partial charge >= 0.3 is 0 Å². The molecule has 1 N–H and O–H groups in total. The second-order valence-electron chi connectivity index (χ2n) is 6.99. The Labute approximate surface area is 154 Å². The number of aromatic nitrogens is 1. The quantitative estimate of drug-likeness (QED) is 0.521. The SMILES string of the molecule is CCN=C(C)Nc1cc(Br)c(OC2CCC(C(C)C)CC2)nc1C. The Morgan fingerprint density at radius 2 is 2.04 bits per heavy atom. The van der Waals surface area contributed by atoms with Crippen molar-refractivity contribution in [1.82, 2.24) is 4.98 Å². The van der Waals surface area contributed by atoms with Crippen LogP contribution in [0.3, 0.4) is 0 Å². The summed E-state index contributed by atoms with van der Waals surface area (Å²) < 4.78 is 7.08. The lowest BCUT2D eigenvalue weighted by Crippen LogP contribution is -2.26. The molecule has 134 valence electrons. The van der Waals surface area contributed by atoms with E-state index in [9.17, 15) is 0 Å². The van der Waals surface area contributed by atoms with Crippen molar-refractivity contribution >= 4 is 27.5 Å². The average Bonchev–Trinajstić information content (AvgIpc) is 2.53. The number of halogens is 1. The van der Waals surface area contributed by atoms with Crippen molar-refractivity contribution in [3.05, 3.63) is 16.2 Å². The lowest BCUT2D eigenvalue weighted by Gasteiger charge is -2.31. The zero-order valence-corrected chi connectivity index (χ0v) is 17.1. The molecule has 1 aromatic heterocycles. The average molecular weight is 396 g/mol. The second-order valence-corrected chi connectivity index (χ2v) is 7.85. The molecule has 0 spiro atoms. The first kappa shape index (κ1) is 19.2. The molecular formula is C19H30BrN3O. The maximum absolute atomic E-state index is 6.19. The highest BCUT2D eigenvalue weighted by Gasteiger charge is 2.25. The molecule has 0 atom stereocenters. The Balaban J connectivity index is 2.02. The van der Waals surface area contributed by atoms with Gasteiger partial charge in [0.25, 0.3) is 0 Å². The van der Waals surface area contributed by atoms with Crippen molar-refractivity contribution in [3.63, 3.8) is 0 Å². The minimum absolute atomic E-state index is 0.283. The number of aryl methyl sites for hydroxylation is 1. The monoisotopic (exact) mass is 395 g/mol. The van der Waals surface area contributed by atoms with Crippen LogP contribution in [0, 0.1) is 18.8 Å². The predicted octanol–water partition coefficient (Wildman–Crippen LogP) is 5.60. The fourth-order valence-electron chi connectivity index (χ4n) is 3.27. The van der Waals surface area contributed by atoms with E-state index in [1.807, 2.05) is 26.8 Å². The summed E-state index contributed by atoms with van der Waals surface area (Å²) >= 11 is 3.60. The fraction of sp³-hybridized carbons (Fsp3) is 0.684. The molecule has 0 aliphatic heterocycles. The summed E-state index contributed by atoms with van der Waals surface area (Å²) in [5, 5.41) is 3.30. The normalized spacial score (nSPS) is 21.9. The van der Waals surface area contributed by atoms with Gasteiger partial charge in [-0.05, 0) is 80.3 Å². The topological polar surface area (TPSA) is 46.5 Å². The summed E-state index contributed by atoms with van der Waals surface area (Å²) in [4.78, 5) is 9.01. The minimum Gasteiger partial charge on any atom is -0.474 e. The Morgan fingerprint density at radius 1 is 1.38 bits per heavy atom. The van der Waals surface area contributed by atoms with E-state index in [-0.39, 0.29) is 6.10 Å². The van der Waals surface area contributed by atoms with Crippen LogP contribution in [0.2, 0.25) is 0 Å². The predicted molar refractivity (Wildman–Crippen MR) is 105 cm³/mol. The molecule has 5 heteroatoms. The molecule has 2 rings (SSSR count). The van der Waals surface area contributed by atoms with E-state index in [4.69, 9.17) is 4.74 Å². The molecule has 0 unspecified atom stereocenters. The maximum Gasteiger partial charge on any atom is 0.228 e. The van der Waals surface area contributed by atoms with E-state index in [0.29, 0.717) is 5.88 Å². The van der Waals surface area contributed by atoms with Gasteiger partial charge < -0.3 is 10.1 Å². The van der Waals surface area contributed by atoms with Gasteiger partial charge in [0.05, 0.1) is 21.7 Å². The molecule has 1 saturated carbocycles. The molecule has 0 amide bonds. The number of hydrogen-bond acceptors (Lipinski definition) is 3. The van der Waals surface area contributed by atoms with Crippen LogP contribution in [-0.4, -0.2) is 23.5 Å². The van der Waals surface area contributed by atoms with E-state index in [1.54, 1.807) is 0 Å². The van der Waals surface area contributed by atoms with Gasteiger partial charge in [-0.1, -0.05) is 13.8 Å². The van der Waals surface area contributed by atoms with Gasteiger partial charge in [0.1, 0.15) is 6.10 Å². The van der Waals surface area contributed by atoms with Gasteiger partial charge in [-0.15, -0.1) is 0 Å². The molecule has 1 aliphatic carbocycles. The lowest BCUT2D eigenvalue weighted by atomic mass is 9.80. The Kier molecular flexibility index (Phi) is 7.08. The van der Waals surface area contributed by atoms with Crippen LogP contribution in [0.4, 0.5) is 5.69 Å². The van der Waals surface area contributed by atoms with Crippen molar-refractivity contribution in [2.75, 3.05) is 11.9 Å². The summed E-state index contributed by atoms with van der Waals surface area (Å²) in [6.45, 7) is 11.4. The molecule has 4 nitrogen and oxygen atoms in total. The van der Waals surface area contributed by atoms with Crippen LogP contribution >= 0.6 is 15.9 Å². The van der Waals surface area contributed by atoms with Crippen molar-refractivity contribution < 1.29 is 4.74 Å². The van der Waals surface area contributed by atoms with E-state index in [1.165, 1.54) is 12.8 Å². The third kappa shape index (κ3) is 5.20. The summed E-state index contributed by atoms with van der Waals surface area (Å²) in [6.07, 6.45) is 5.04. The summed E-state index contributed by atoms with van der Waals surface area (Å²) in [5.41, 5.74) is 1.89. The largest absolute Gasteiger partial charge is 0.474 e. The fourth-order valence-corrected chi connectivity index (χ4v) is 3.68. The zero-order chi connectivity index (χ0) is 17.7. The number of nitrogens with one attached hydrogen (secondary N) is 1. The van der Waals surface area contributed by atoms with Gasteiger partial charge in [-0.3, -0.25) is 4.99 Å². The van der Waals surface area contributed by atoms with Crippen molar-refractivity contribution in [2.45, 2.75) is 66.4 Å². The smallest absolute Gasteiger partial charge is 0.228 e. The highest BCUT2D eigenvalue weighted by Crippen LogP contribution is 2.34. The highest BCUT2D eigenvalue weighted by atomic mass is 79.9. The second kappa shape index (κ2) is 8.84. The molecule has 0 aromatic carbocycles. The van der Waals surface area contributed by atoms with Crippen molar-refractivity contribution in [2.24, 2.45) is 16.8 Å². The number of nitrogens with zero attached hydrogens (tertiary/aromatic N) is 2. The van der Waals surface area contributed by atoms with Gasteiger partial charge in [-0.25, -0.2) is 4.98 Å². The molecule has 1 heterocycles. The van der Waals surface area contributed by atoms with E-state index < -0.39 is 0 Å². The molecule has 1 aromatic rings. The van der Waals surface area contributed by atoms with Crippen LogP contribution in [0.25, 0.3) is 0 Å². The van der Waals surface area contributed by atoms with Crippen LogP contribution in [0.5, 0.6) is 5.88 Å². The highest BCUT2D eigenvalue weighted by molar-refractivity contribution is 9.10. The number of pyridine rings is 1. The molecule has 0 radical (unpaired) electrons. The van der Waals surface area contributed by atoms with E-state index in [2.05, 4.69) is 45.1 Å². The Bertz CT molecular complexity index is 578. The van der Waals surface area contributed by atoms with Gasteiger partial charge in [0.2, 0.25) is 5.88 Å². The number of hydrogen-bond donors (Lipinski definition) is 1. The third-order valence-corrected chi connectivity index (χ3v) is 5.35. The standard InChI is InChI=1S/C19H30BrN3O/c1-6-21-14(5)23-18-11-17(20)19(22-13(18)4)24-16-9-7-15(8-10-16)12(2)3/h11-12,15-16H,6-10H2,1-5H3,(H,21,23). The number of ether oxygens (including phenoxy) is 1. The van der Waals surface area contributed by atoms with E-state index >= 15 is 0 Å². The van der Waals surface area contributed by atoms with Crippen LogP contribution in [0.1, 0.15) is 59.1 Å². The number of anilines is 1. The van der Waals surface area contributed by atoms with E-state index in [0.717, 1.165) is 52.9 Å².